The topological polar surface area (TPSA) is 87.8 Å². The molecule has 1 aromatic heterocycles. The lowest BCUT2D eigenvalue weighted by molar-refractivity contribution is 0.0661. The van der Waals surface area contributed by atoms with Crippen LogP contribution in [0.25, 0.3) is 0 Å². The molecular weight excluding hydrogens is 302 g/mol. The minimum atomic E-state index is -3.75. The van der Waals surface area contributed by atoms with Crippen molar-refractivity contribution in [2.24, 2.45) is 0 Å². The number of hydrogen-bond acceptors (Lipinski definition) is 5. The van der Waals surface area contributed by atoms with Gasteiger partial charge in [-0.2, -0.15) is 16.1 Å². The maximum atomic E-state index is 12.5. The normalized spacial score (nSPS) is 13.7. The summed E-state index contributed by atoms with van der Waals surface area (Å²) in [5.41, 5.74) is 0. The minimum absolute atomic E-state index is 0.0892. The Morgan fingerprint density at radius 2 is 2.15 bits per heavy atom. The summed E-state index contributed by atoms with van der Waals surface area (Å²) in [5, 5.41) is 8.85. The molecule has 0 fully saturated rings. The fraction of sp³-hybridized carbons (Fsp3) is 0.583. The van der Waals surface area contributed by atoms with Gasteiger partial charge in [-0.05, 0) is 32.3 Å². The van der Waals surface area contributed by atoms with Crippen molar-refractivity contribution in [3.05, 3.63) is 17.6 Å². The summed E-state index contributed by atoms with van der Waals surface area (Å²) in [6, 6.07) is 0.889. The molecule has 0 aromatic carbocycles. The van der Waals surface area contributed by atoms with E-state index < -0.39 is 16.0 Å². The molecule has 0 radical (unpaired) electrons. The smallest absolute Gasteiger partial charge is 0.371 e. The van der Waals surface area contributed by atoms with E-state index in [0.29, 0.717) is 0 Å². The Morgan fingerprint density at radius 1 is 1.55 bits per heavy atom. The van der Waals surface area contributed by atoms with E-state index in [2.05, 4.69) is 0 Å². The van der Waals surface area contributed by atoms with Crippen LogP contribution in [0.3, 0.4) is 0 Å². The van der Waals surface area contributed by atoms with Gasteiger partial charge >= 0.3 is 5.97 Å². The van der Waals surface area contributed by atoms with E-state index in [1.165, 1.54) is 18.3 Å². The maximum Gasteiger partial charge on any atom is 0.371 e. The predicted molar refractivity (Wildman–Crippen MR) is 77.8 cm³/mol. The Bertz CT molecular complexity index is 579. The molecule has 0 amide bonds. The van der Waals surface area contributed by atoms with Crippen molar-refractivity contribution in [3.8, 4) is 0 Å². The van der Waals surface area contributed by atoms with E-state index in [1.54, 1.807) is 11.8 Å². The zero-order valence-electron chi connectivity index (χ0n) is 11.9. The molecule has 20 heavy (non-hydrogen) atoms. The first-order valence-electron chi connectivity index (χ1n) is 6.02. The van der Waals surface area contributed by atoms with Gasteiger partial charge in [0.15, 0.2) is 0 Å². The first-order chi connectivity index (χ1) is 9.21. The number of nitrogens with zero attached hydrogens (tertiary/aromatic N) is 1. The van der Waals surface area contributed by atoms with Crippen molar-refractivity contribution in [1.29, 1.82) is 0 Å². The van der Waals surface area contributed by atoms with Crippen molar-refractivity contribution in [2.45, 2.75) is 31.2 Å². The number of rotatable bonds is 7. The van der Waals surface area contributed by atoms with E-state index >= 15 is 0 Å². The van der Waals surface area contributed by atoms with Gasteiger partial charge in [-0.1, -0.05) is 0 Å². The van der Waals surface area contributed by atoms with Crippen molar-refractivity contribution in [1.82, 2.24) is 4.31 Å². The number of hydrogen-bond donors (Lipinski definition) is 1. The predicted octanol–water partition coefficient (Wildman–Crippen LogP) is 2.05. The highest BCUT2D eigenvalue weighted by Gasteiger charge is 2.30. The average Bonchev–Trinajstić information content (AvgIpc) is 2.78. The third-order valence-corrected chi connectivity index (χ3v) is 5.82. The Hall–Kier alpha value is -0.990. The summed E-state index contributed by atoms with van der Waals surface area (Å²) >= 11 is 1.65. The lowest BCUT2D eigenvalue weighted by Gasteiger charge is -2.23. The van der Waals surface area contributed by atoms with Crippen LogP contribution in [-0.4, -0.2) is 48.9 Å². The number of aryl methyl sites for hydroxylation is 1. The zero-order valence-corrected chi connectivity index (χ0v) is 13.5. The third-order valence-electron chi connectivity index (χ3n) is 3.10. The fourth-order valence-electron chi connectivity index (χ4n) is 1.69. The van der Waals surface area contributed by atoms with E-state index in [4.69, 9.17) is 9.52 Å². The second-order valence-corrected chi connectivity index (χ2v) is 7.44. The van der Waals surface area contributed by atoms with Crippen LogP contribution >= 0.6 is 11.8 Å². The lowest BCUT2D eigenvalue weighted by atomic mass is 10.3. The first-order valence-corrected chi connectivity index (χ1v) is 8.86. The molecule has 0 spiro atoms. The SMILES string of the molecule is CSCCC(C)N(C)S(=O)(=O)c1cc(C(=O)O)oc1C. The number of carboxylic acid groups (broad SMARTS) is 1. The standard InChI is InChI=1S/C12H19NO5S2/c1-8(5-6-19-4)13(3)20(16,17)11-7-10(12(14)15)18-9(11)2/h7-8H,5-6H2,1-4H3,(H,14,15). The van der Waals surface area contributed by atoms with Crippen LogP contribution in [0.5, 0.6) is 0 Å². The van der Waals surface area contributed by atoms with Crippen molar-refractivity contribution < 1.29 is 22.7 Å². The summed E-state index contributed by atoms with van der Waals surface area (Å²) in [5.74, 6) is -0.712. The summed E-state index contributed by atoms with van der Waals surface area (Å²) < 4.78 is 31.1. The highest BCUT2D eigenvalue weighted by molar-refractivity contribution is 7.98. The van der Waals surface area contributed by atoms with Crippen LogP contribution in [-0.2, 0) is 10.0 Å². The zero-order chi connectivity index (χ0) is 15.5. The Morgan fingerprint density at radius 3 is 2.60 bits per heavy atom. The van der Waals surface area contributed by atoms with Gasteiger partial charge in [0.05, 0.1) is 0 Å². The molecule has 114 valence electrons. The Labute approximate surface area is 123 Å². The molecule has 8 heteroatoms. The van der Waals surface area contributed by atoms with Gasteiger partial charge in [-0.3, -0.25) is 0 Å². The van der Waals surface area contributed by atoms with Gasteiger partial charge in [0, 0.05) is 19.2 Å². The summed E-state index contributed by atoms with van der Waals surface area (Å²) in [4.78, 5) is 10.7. The van der Waals surface area contributed by atoms with Gasteiger partial charge < -0.3 is 9.52 Å². The molecule has 0 aliphatic heterocycles. The van der Waals surface area contributed by atoms with Crippen LogP contribution < -0.4 is 0 Å². The van der Waals surface area contributed by atoms with Crippen LogP contribution in [0.1, 0.15) is 29.7 Å². The largest absolute Gasteiger partial charge is 0.475 e. The van der Waals surface area contributed by atoms with Gasteiger partial charge in [-0.25, -0.2) is 13.2 Å². The van der Waals surface area contributed by atoms with E-state index in [1.807, 2.05) is 13.2 Å². The number of aromatic carboxylic acids is 1. The second kappa shape index (κ2) is 6.64. The molecule has 0 aliphatic rings. The highest BCUT2D eigenvalue weighted by atomic mass is 32.2. The van der Waals surface area contributed by atoms with E-state index in [0.717, 1.165) is 18.2 Å². The van der Waals surface area contributed by atoms with Crippen molar-refractivity contribution >= 4 is 27.8 Å². The van der Waals surface area contributed by atoms with E-state index in [-0.39, 0.29) is 22.5 Å². The molecule has 0 saturated carbocycles. The number of sulfonamides is 1. The minimum Gasteiger partial charge on any atom is -0.475 e. The van der Waals surface area contributed by atoms with Gasteiger partial charge in [0.1, 0.15) is 10.7 Å². The number of carbonyl (C=O) groups is 1. The van der Waals surface area contributed by atoms with Crippen LogP contribution in [0.2, 0.25) is 0 Å². The molecule has 0 aliphatic carbocycles. The van der Waals surface area contributed by atoms with Crippen molar-refractivity contribution in [3.63, 3.8) is 0 Å². The molecule has 0 bridgehead atoms. The quantitative estimate of drug-likeness (QED) is 0.827. The van der Waals surface area contributed by atoms with E-state index in [9.17, 15) is 13.2 Å². The van der Waals surface area contributed by atoms with Gasteiger partial charge in [-0.15, -0.1) is 0 Å². The maximum absolute atomic E-state index is 12.5. The van der Waals surface area contributed by atoms with Crippen LogP contribution in [0.15, 0.2) is 15.4 Å². The third kappa shape index (κ3) is 3.56. The average molecular weight is 321 g/mol. The molecule has 1 aromatic rings. The summed E-state index contributed by atoms with van der Waals surface area (Å²) in [7, 11) is -2.25. The number of thioether (sulfide) groups is 1. The van der Waals surface area contributed by atoms with Crippen LogP contribution in [0.4, 0.5) is 0 Å². The first kappa shape index (κ1) is 17.1. The highest BCUT2D eigenvalue weighted by Crippen LogP contribution is 2.25. The summed E-state index contributed by atoms with van der Waals surface area (Å²) in [6.07, 6.45) is 2.68. The van der Waals surface area contributed by atoms with Gasteiger partial charge in [0.2, 0.25) is 15.8 Å². The second-order valence-electron chi connectivity index (χ2n) is 4.49. The number of carboxylic acids is 1. The van der Waals surface area contributed by atoms with Crippen LogP contribution in [0, 0.1) is 6.92 Å². The fourth-order valence-corrected chi connectivity index (χ4v) is 3.82. The Balaban J connectivity index is 3.07. The Kier molecular flexibility index (Phi) is 5.67. The lowest BCUT2D eigenvalue weighted by Crippen LogP contribution is -2.35. The molecule has 1 N–H and O–H groups in total. The molecule has 0 saturated heterocycles. The molecule has 1 rings (SSSR count). The molecule has 1 atom stereocenters. The molecule has 6 nitrogen and oxygen atoms in total. The number of furan rings is 1. The van der Waals surface area contributed by atoms with Crippen molar-refractivity contribution in [2.75, 3.05) is 19.1 Å². The molecular formula is C12H19NO5S2. The van der Waals surface area contributed by atoms with Gasteiger partial charge in [0.25, 0.3) is 0 Å². The monoisotopic (exact) mass is 321 g/mol. The molecule has 1 heterocycles. The summed E-state index contributed by atoms with van der Waals surface area (Å²) in [6.45, 7) is 3.26. The molecule has 1 unspecified atom stereocenters.